The number of rotatable bonds is 20. The number of carboxylic acids is 1. The van der Waals surface area contributed by atoms with Gasteiger partial charge in [-0.25, -0.2) is 0 Å². The Morgan fingerprint density at radius 1 is 0.765 bits per heavy atom. The van der Waals surface area contributed by atoms with E-state index in [0.717, 1.165) is 12.8 Å². The topological polar surface area (TPSA) is 153 Å². The number of nitrogens with zero attached hydrogens (tertiary/aromatic N) is 1. The lowest BCUT2D eigenvalue weighted by Gasteiger charge is -2.23. The maximum atomic E-state index is 13.2. The molecule has 0 aromatic rings. The van der Waals surface area contributed by atoms with E-state index in [9.17, 15) is 19.2 Å². The molecule has 8 heteroatoms. The summed E-state index contributed by atoms with van der Waals surface area (Å²) in [7, 11) is 0. The molecule has 8 nitrogen and oxygen atoms in total. The Hall–Kier alpha value is -2.25. The van der Waals surface area contributed by atoms with Crippen LogP contribution in [-0.2, 0) is 19.2 Å². The van der Waals surface area contributed by atoms with Crippen molar-refractivity contribution >= 4 is 29.3 Å². The van der Waals surface area contributed by atoms with Crippen LogP contribution in [-0.4, -0.2) is 40.9 Å². The summed E-state index contributed by atoms with van der Waals surface area (Å²) < 4.78 is 0. The molecular formula is C26H47N3O5. The van der Waals surface area contributed by atoms with Crippen molar-refractivity contribution in [3.8, 4) is 0 Å². The molecule has 0 spiro atoms. The van der Waals surface area contributed by atoms with E-state index in [0.29, 0.717) is 44.1 Å². The third-order valence-electron chi connectivity index (χ3n) is 6.08. The molecule has 0 amide bonds. The Labute approximate surface area is 205 Å². The predicted octanol–water partition coefficient (Wildman–Crippen LogP) is 4.13. The molecule has 0 heterocycles. The second-order valence-corrected chi connectivity index (χ2v) is 10.2. The van der Waals surface area contributed by atoms with Crippen molar-refractivity contribution in [1.82, 2.24) is 0 Å². The number of Topliss-reactive ketones (excluding diaryl/α,β-unsaturated/α-hetero) is 3. The molecule has 0 aliphatic heterocycles. The zero-order valence-corrected chi connectivity index (χ0v) is 21.8. The van der Waals surface area contributed by atoms with Gasteiger partial charge in [0.15, 0.2) is 5.96 Å². The monoisotopic (exact) mass is 481 g/mol. The first-order chi connectivity index (χ1) is 15.9. The van der Waals surface area contributed by atoms with E-state index >= 15 is 0 Å². The minimum absolute atomic E-state index is 0.0102. The lowest BCUT2D eigenvalue weighted by Crippen LogP contribution is -2.28. The summed E-state index contributed by atoms with van der Waals surface area (Å²) in [5, 5.41) is 9.16. The summed E-state index contributed by atoms with van der Waals surface area (Å²) in [5.74, 6) is -1.64. The van der Waals surface area contributed by atoms with E-state index in [1.807, 2.05) is 0 Å². The van der Waals surface area contributed by atoms with Crippen molar-refractivity contribution in [3.63, 3.8) is 0 Å². The molecule has 5 N–H and O–H groups in total. The number of aliphatic carboxylic acids is 1. The van der Waals surface area contributed by atoms with Crippen molar-refractivity contribution in [2.24, 2.45) is 46.0 Å². The second kappa shape index (κ2) is 17.2. The standard InChI is InChI=1S/C26H47N3O5/c1-6-22(30)19(9-7-8-12-29-26(27)28)15-23(31)20(10-11-25(33)34)16-24(32)21(13-17(2)3)14-18(4)5/h17-21H,6-16H2,1-5H3,(H,33,34)(H4,27,28,29)/t19-,20-/m0/s1. The molecule has 0 radical (unpaired) electrons. The van der Waals surface area contributed by atoms with Crippen LogP contribution in [0.5, 0.6) is 0 Å². The fraction of sp³-hybridized carbons (Fsp3) is 0.808. The van der Waals surface area contributed by atoms with E-state index in [4.69, 9.17) is 16.6 Å². The molecule has 0 saturated heterocycles. The molecule has 0 fully saturated rings. The number of carboxylic acid groups (broad SMARTS) is 1. The average Bonchev–Trinajstić information content (AvgIpc) is 2.73. The number of unbranched alkanes of at least 4 members (excludes halogenated alkanes) is 1. The van der Waals surface area contributed by atoms with Crippen molar-refractivity contribution in [1.29, 1.82) is 0 Å². The van der Waals surface area contributed by atoms with Gasteiger partial charge in [-0.2, -0.15) is 0 Å². The second-order valence-electron chi connectivity index (χ2n) is 10.2. The molecule has 0 bridgehead atoms. The Kier molecular flexibility index (Phi) is 16.1. The van der Waals surface area contributed by atoms with Gasteiger partial charge in [0, 0.05) is 50.0 Å². The highest BCUT2D eigenvalue weighted by Crippen LogP contribution is 2.27. The Bertz CT molecular complexity index is 674. The number of nitrogens with two attached hydrogens (primary N) is 2. The van der Waals surface area contributed by atoms with E-state index in [1.54, 1.807) is 6.92 Å². The van der Waals surface area contributed by atoms with Crippen LogP contribution in [0.1, 0.15) is 98.8 Å². The maximum Gasteiger partial charge on any atom is 0.303 e. The summed E-state index contributed by atoms with van der Waals surface area (Å²) in [5.41, 5.74) is 10.7. The molecule has 0 saturated carbocycles. The predicted molar refractivity (Wildman–Crippen MR) is 135 cm³/mol. The van der Waals surface area contributed by atoms with Crippen LogP contribution in [0.25, 0.3) is 0 Å². The molecule has 0 unspecified atom stereocenters. The Morgan fingerprint density at radius 3 is 1.71 bits per heavy atom. The SMILES string of the molecule is CCC(=O)[C@@H](CCCCN=C(N)N)CC(=O)[C@@H](CCC(=O)O)CC(=O)C(CC(C)C)CC(C)C. The van der Waals surface area contributed by atoms with E-state index in [1.165, 1.54) is 0 Å². The first kappa shape index (κ1) is 31.8. The Balaban J connectivity index is 5.36. The van der Waals surface area contributed by atoms with Gasteiger partial charge in [0.05, 0.1) is 0 Å². The third kappa shape index (κ3) is 14.8. The molecule has 34 heavy (non-hydrogen) atoms. The first-order valence-corrected chi connectivity index (χ1v) is 12.7. The number of ketones is 3. The number of hydrogen-bond acceptors (Lipinski definition) is 5. The third-order valence-corrected chi connectivity index (χ3v) is 6.08. The molecule has 0 rings (SSSR count). The minimum Gasteiger partial charge on any atom is -0.481 e. The molecule has 0 aliphatic rings. The van der Waals surface area contributed by atoms with Gasteiger partial charge < -0.3 is 16.6 Å². The molecule has 0 aliphatic carbocycles. The van der Waals surface area contributed by atoms with Gasteiger partial charge in [-0.05, 0) is 43.9 Å². The van der Waals surface area contributed by atoms with E-state index < -0.39 is 17.8 Å². The van der Waals surface area contributed by atoms with Gasteiger partial charge in [0.1, 0.15) is 17.3 Å². The van der Waals surface area contributed by atoms with Crippen molar-refractivity contribution in [3.05, 3.63) is 0 Å². The van der Waals surface area contributed by atoms with Crippen LogP contribution in [0.3, 0.4) is 0 Å². The summed E-state index contributed by atoms with van der Waals surface area (Å²) in [6.07, 6.45) is 3.82. The smallest absolute Gasteiger partial charge is 0.303 e. The van der Waals surface area contributed by atoms with E-state index in [2.05, 4.69) is 32.7 Å². The number of guanidine groups is 1. The number of carbonyl (C=O) groups is 4. The lowest BCUT2D eigenvalue weighted by atomic mass is 9.79. The van der Waals surface area contributed by atoms with Gasteiger partial charge in [0.25, 0.3) is 0 Å². The minimum atomic E-state index is -0.993. The van der Waals surface area contributed by atoms with Crippen molar-refractivity contribution < 1.29 is 24.3 Å². The van der Waals surface area contributed by atoms with Gasteiger partial charge in [-0.3, -0.25) is 24.2 Å². The highest BCUT2D eigenvalue weighted by Gasteiger charge is 2.30. The van der Waals surface area contributed by atoms with Gasteiger partial charge in [0.2, 0.25) is 0 Å². The van der Waals surface area contributed by atoms with Crippen LogP contribution in [0.2, 0.25) is 0 Å². The largest absolute Gasteiger partial charge is 0.481 e. The Morgan fingerprint density at radius 2 is 1.26 bits per heavy atom. The first-order valence-electron chi connectivity index (χ1n) is 12.7. The molecule has 196 valence electrons. The summed E-state index contributed by atoms with van der Waals surface area (Å²) in [6, 6.07) is 0. The van der Waals surface area contributed by atoms with Crippen LogP contribution in [0.4, 0.5) is 0 Å². The van der Waals surface area contributed by atoms with Crippen molar-refractivity contribution in [2.45, 2.75) is 98.8 Å². The van der Waals surface area contributed by atoms with Gasteiger partial charge >= 0.3 is 5.97 Å². The fourth-order valence-electron chi connectivity index (χ4n) is 4.37. The quantitative estimate of drug-likeness (QED) is 0.134. The number of aliphatic imine (C=N–C) groups is 1. The van der Waals surface area contributed by atoms with Crippen LogP contribution in [0, 0.1) is 29.6 Å². The molecule has 0 aromatic carbocycles. The zero-order chi connectivity index (χ0) is 26.3. The average molecular weight is 482 g/mol. The van der Waals surface area contributed by atoms with Crippen molar-refractivity contribution in [2.75, 3.05) is 6.54 Å². The fourth-order valence-corrected chi connectivity index (χ4v) is 4.37. The van der Waals surface area contributed by atoms with Crippen LogP contribution < -0.4 is 11.5 Å². The summed E-state index contributed by atoms with van der Waals surface area (Å²) in [4.78, 5) is 54.0. The number of carbonyl (C=O) groups excluding carboxylic acids is 3. The zero-order valence-electron chi connectivity index (χ0n) is 21.8. The van der Waals surface area contributed by atoms with Crippen LogP contribution in [0.15, 0.2) is 4.99 Å². The van der Waals surface area contributed by atoms with Gasteiger partial charge in [-0.1, -0.05) is 41.0 Å². The maximum absolute atomic E-state index is 13.2. The molecule has 2 atom stereocenters. The summed E-state index contributed by atoms with van der Waals surface area (Å²) in [6.45, 7) is 10.5. The number of hydrogen-bond donors (Lipinski definition) is 3. The van der Waals surface area contributed by atoms with Crippen LogP contribution >= 0.6 is 0 Å². The highest BCUT2D eigenvalue weighted by atomic mass is 16.4. The highest BCUT2D eigenvalue weighted by molar-refractivity contribution is 5.92. The molecule has 0 aromatic heterocycles. The normalized spacial score (nSPS) is 13.2. The summed E-state index contributed by atoms with van der Waals surface area (Å²) >= 11 is 0. The van der Waals surface area contributed by atoms with E-state index in [-0.39, 0.29) is 54.9 Å². The molecular weight excluding hydrogens is 434 g/mol. The lowest BCUT2D eigenvalue weighted by molar-refractivity contribution is -0.138. The van der Waals surface area contributed by atoms with Gasteiger partial charge in [-0.15, -0.1) is 0 Å².